The van der Waals surface area contributed by atoms with E-state index in [1.54, 1.807) is 13.2 Å². The molecule has 1 aliphatic carbocycles. The molecule has 31 heavy (non-hydrogen) atoms. The lowest BCUT2D eigenvalue weighted by atomic mass is 9.76. The fraction of sp³-hybridized carbons (Fsp3) is 0.423. The van der Waals surface area contributed by atoms with Crippen LogP contribution >= 0.6 is 0 Å². The van der Waals surface area contributed by atoms with Crippen molar-refractivity contribution in [1.29, 1.82) is 0 Å². The fourth-order valence-corrected chi connectivity index (χ4v) is 5.40. The number of phenolic OH excluding ortho intramolecular Hbond substituents is 1. The van der Waals surface area contributed by atoms with Gasteiger partial charge in [-0.3, -0.25) is 4.79 Å². The fourth-order valence-electron chi connectivity index (χ4n) is 5.40. The van der Waals surface area contributed by atoms with Crippen molar-refractivity contribution in [2.45, 2.75) is 44.1 Å². The molecule has 162 valence electrons. The van der Waals surface area contributed by atoms with Crippen LogP contribution in [0.1, 0.15) is 65.5 Å². The van der Waals surface area contributed by atoms with Gasteiger partial charge < -0.3 is 20.1 Å². The lowest BCUT2D eigenvalue weighted by Crippen LogP contribution is -2.33. The van der Waals surface area contributed by atoms with Crippen molar-refractivity contribution in [3.05, 3.63) is 65.2 Å². The number of carbonyl (C=O) groups is 1. The topological polar surface area (TPSA) is 61.8 Å². The molecule has 0 radical (unpaired) electrons. The highest BCUT2D eigenvalue weighted by atomic mass is 16.5. The number of hydrogen-bond acceptors (Lipinski definition) is 4. The van der Waals surface area contributed by atoms with Crippen molar-refractivity contribution in [2.24, 2.45) is 5.92 Å². The lowest BCUT2D eigenvalue weighted by Gasteiger charge is -2.38. The quantitative estimate of drug-likeness (QED) is 0.669. The zero-order chi connectivity index (χ0) is 21.4. The maximum absolute atomic E-state index is 13.2. The second-order valence-corrected chi connectivity index (χ2v) is 8.92. The van der Waals surface area contributed by atoms with Gasteiger partial charge in [-0.1, -0.05) is 31.1 Å². The number of likely N-dealkylation sites (tertiary alicyclic amines) is 1. The number of hydrogen-bond donors (Lipinski definition) is 2. The first-order chi connectivity index (χ1) is 15.2. The number of anilines is 1. The first-order valence-corrected chi connectivity index (χ1v) is 11.4. The van der Waals surface area contributed by atoms with Crippen LogP contribution in [0, 0.1) is 5.92 Å². The number of nitrogens with one attached hydrogen (secondary N) is 1. The van der Waals surface area contributed by atoms with E-state index in [4.69, 9.17) is 4.74 Å². The molecule has 0 aromatic heterocycles. The largest absolute Gasteiger partial charge is 0.504 e. The first-order valence-electron chi connectivity index (χ1n) is 11.4. The molecule has 2 N–H and O–H groups in total. The summed E-state index contributed by atoms with van der Waals surface area (Å²) < 4.78 is 5.33. The number of rotatable bonds is 3. The number of phenols is 1. The molecule has 2 aromatic rings. The van der Waals surface area contributed by atoms with Gasteiger partial charge in [0.05, 0.1) is 13.2 Å². The minimum Gasteiger partial charge on any atom is -0.504 e. The SMILES string of the molecule is COc1cc(C2Nc3ccc(C(=O)N4CCCCCC4)cc3C3C=CCC32)ccc1O. The van der Waals surface area contributed by atoms with Crippen LogP contribution in [-0.4, -0.2) is 36.1 Å². The third-order valence-electron chi connectivity index (χ3n) is 7.07. The molecule has 1 fully saturated rings. The maximum atomic E-state index is 13.2. The highest BCUT2D eigenvalue weighted by molar-refractivity contribution is 5.95. The van der Waals surface area contributed by atoms with Gasteiger partial charge in [-0.2, -0.15) is 0 Å². The smallest absolute Gasteiger partial charge is 0.253 e. The average Bonchev–Trinajstić information content (AvgIpc) is 3.14. The molecule has 0 spiro atoms. The Bertz CT molecular complexity index is 1010. The number of methoxy groups -OCH3 is 1. The van der Waals surface area contributed by atoms with Gasteiger partial charge in [0.2, 0.25) is 0 Å². The zero-order valence-corrected chi connectivity index (χ0v) is 18.0. The summed E-state index contributed by atoms with van der Waals surface area (Å²) in [6.07, 6.45) is 10.2. The van der Waals surface area contributed by atoms with Gasteiger partial charge in [0.25, 0.3) is 5.91 Å². The van der Waals surface area contributed by atoms with Crippen molar-refractivity contribution in [3.8, 4) is 11.5 Å². The molecule has 5 nitrogen and oxygen atoms in total. The lowest BCUT2D eigenvalue weighted by molar-refractivity contribution is 0.0761. The van der Waals surface area contributed by atoms with Crippen molar-refractivity contribution in [3.63, 3.8) is 0 Å². The predicted molar refractivity (Wildman–Crippen MR) is 122 cm³/mol. The number of benzene rings is 2. The molecule has 2 aromatic carbocycles. The van der Waals surface area contributed by atoms with E-state index >= 15 is 0 Å². The summed E-state index contributed by atoms with van der Waals surface area (Å²) in [6.45, 7) is 1.73. The third kappa shape index (κ3) is 3.67. The number of ether oxygens (including phenoxy) is 1. The molecule has 2 aliphatic heterocycles. The summed E-state index contributed by atoms with van der Waals surface area (Å²) in [5.74, 6) is 1.45. The van der Waals surface area contributed by atoms with Crippen LogP contribution in [0.5, 0.6) is 11.5 Å². The van der Waals surface area contributed by atoms with E-state index in [0.29, 0.717) is 11.7 Å². The summed E-state index contributed by atoms with van der Waals surface area (Å²) in [4.78, 5) is 15.2. The van der Waals surface area contributed by atoms with E-state index in [2.05, 4.69) is 29.6 Å². The predicted octanol–water partition coefficient (Wildman–Crippen LogP) is 5.24. The third-order valence-corrected chi connectivity index (χ3v) is 7.07. The van der Waals surface area contributed by atoms with Gasteiger partial charge in [0.1, 0.15) is 0 Å². The molecule has 5 rings (SSSR count). The number of aromatic hydroxyl groups is 1. The molecular weight excluding hydrogens is 388 g/mol. The molecule has 1 amide bonds. The van der Waals surface area contributed by atoms with E-state index < -0.39 is 0 Å². The maximum Gasteiger partial charge on any atom is 0.253 e. The molecule has 5 heteroatoms. The van der Waals surface area contributed by atoms with Crippen LogP contribution in [-0.2, 0) is 0 Å². The molecule has 3 atom stereocenters. The Kier molecular flexibility index (Phi) is 5.34. The number of allylic oxidation sites excluding steroid dienone is 2. The zero-order valence-electron chi connectivity index (χ0n) is 18.0. The number of fused-ring (bicyclic) bond motifs is 3. The minimum atomic E-state index is 0.120. The summed E-state index contributed by atoms with van der Waals surface area (Å²) in [6, 6.07) is 11.8. The molecule has 0 bridgehead atoms. The molecule has 1 saturated heterocycles. The highest BCUT2D eigenvalue weighted by Crippen LogP contribution is 2.50. The summed E-state index contributed by atoms with van der Waals surface area (Å²) in [5, 5.41) is 13.7. The van der Waals surface area contributed by atoms with E-state index in [1.807, 2.05) is 23.1 Å². The van der Waals surface area contributed by atoms with Gasteiger partial charge in [-0.05, 0) is 66.6 Å². The van der Waals surface area contributed by atoms with E-state index in [-0.39, 0.29) is 23.6 Å². The van der Waals surface area contributed by atoms with Crippen molar-refractivity contribution >= 4 is 11.6 Å². The van der Waals surface area contributed by atoms with Crippen LogP contribution < -0.4 is 10.1 Å². The Hall–Kier alpha value is -2.95. The second kappa shape index (κ2) is 8.29. The van der Waals surface area contributed by atoms with E-state index in [0.717, 1.165) is 49.2 Å². The molecular formula is C26H30N2O3. The summed E-state index contributed by atoms with van der Waals surface area (Å²) in [5.41, 5.74) is 4.19. The van der Waals surface area contributed by atoms with Gasteiger partial charge in [-0.25, -0.2) is 0 Å². The van der Waals surface area contributed by atoms with Crippen molar-refractivity contribution < 1.29 is 14.6 Å². The van der Waals surface area contributed by atoms with Crippen LogP contribution in [0.2, 0.25) is 0 Å². The van der Waals surface area contributed by atoms with Crippen LogP contribution in [0.25, 0.3) is 0 Å². The van der Waals surface area contributed by atoms with Gasteiger partial charge in [0.15, 0.2) is 11.5 Å². The van der Waals surface area contributed by atoms with Gasteiger partial charge >= 0.3 is 0 Å². The average molecular weight is 419 g/mol. The van der Waals surface area contributed by atoms with E-state index in [9.17, 15) is 9.90 Å². The first kappa shape index (κ1) is 20.0. The van der Waals surface area contributed by atoms with Crippen molar-refractivity contribution in [1.82, 2.24) is 4.90 Å². The molecule has 3 aliphatic rings. The summed E-state index contributed by atoms with van der Waals surface area (Å²) >= 11 is 0. The van der Waals surface area contributed by atoms with Gasteiger partial charge in [0, 0.05) is 30.3 Å². The van der Waals surface area contributed by atoms with Crippen LogP contribution in [0.4, 0.5) is 5.69 Å². The number of amides is 1. The standard InChI is InChI=1S/C26H30N2O3/c1-31-24-16-17(10-12-23(24)29)25-20-8-6-7-19(20)21-15-18(9-11-22(21)27-25)26(30)28-13-4-2-3-5-14-28/h6-7,9-12,15-16,19-20,25,27,29H,2-5,8,13-14H2,1H3. The Labute approximate surface area is 183 Å². The summed E-state index contributed by atoms with van der Waals surface area (Å²) in [7, 11) is 1.57. The number of nitrogens with zero attached hydrogens (tertiary/aromatic N) is 1. The Balaban J connectivity index is 1.46. The van der Waals surface area contributed by atoms with E-state index in [1.165, 1.54) is 18.4 Å². The van der Waals surface area contributed by atoms with Crippen LogP contribution in [0.15, 0.2) is 48.6 Å². The van der Waals surface area contributed by atoms with Crippen LogP contribution in [0.3, 0.4) is 0 Å². The molecule has 2 heterocycles. The monoisotopic (exact) mass is 418 g/mol. The normalized spacial score (nSPS) is 24.7. The Morgan fingerprint density at radius 1 is 1.10 bits per heavy atom. The number of carbonyl (C=O) groups excluding carboxylic acids is 1. The minimum absolute atomic E-state index is 0.120. The van der Waals surface area contributed by atoms with Crippen molar-refractivity contribution in [2.75, 3.05) is 25.5 Å². The molecule has 3 unspecified atom stereocenters. The second-order valence-electron chi connectivity index (χ2n) is 8.92. The highest BCUT2D eigenvalue weighted by Gasteiger charge is 2.38. The Morgan fingerprint density at radius 3 is 2.68 bits per heavy atom. The molecule has 0 saturated carbocycles. The Morgan fingerprint density at radius 2 is 1.90 bits per heavy atom. The van der Waals surface area contributed by atoms with Gasteiger partial charge in [-0.15, -0.1) is 0 Å².